The van der Waals surface area contributed by atoms with Crippen molar-refractivity contribution in [3.05, 3.63) is 59.7 Å². The second-order valence-electron chi connectivity index (χ2n) is 4.37. The molecule has 20 heavy (non-hydrogen) atoms. The van der Waals surface area contributed by atoms with Crippen LogP contribution in [0.5, 0.6) is 0 Å². The molecule has 0 amide bonds. The van der Waals surface area contributed by atoms with Crippen LogP contribution in [-0.2, 0) is 26.0 Å². The van der Waals surface area contributed by atoms with E-state index >= 15 is 0 Å². The van der Waals surface area contributed by atoms with Gasteiger partial charge in [0.1, 0.15) is 6.61 Å². The predicted octanol–water partition coefficient (Wildman–Crippen LogP) is 2.50. The lowest BCUT2D eigenvalue weighted by Crippen LogP contribution is -2.02. The molecule has 0 unspecified atom stereocenters. The summed E-state index contributed by atoms with van der Waals surface area (Å²) in [5.74, 6) is 0. The fourth-order valence-corrected chi connectivity index (χ4v) is 3.01. The monoisotopic (exact) mass is 290 g/mol. The van der Waals surface area contributed by atoms with Gasteiger partial charge in [-0.15, -0.1) is 0 Å². The Labute approximate surface area is 117 Å². The highest BCUT2D eigenvalue weighted by molar-refractivity contribution is 7.91. The molecule has 4 nitrogen and oxygen atoms in total. The number of hydrogen-bond acceptors (Lipinski definition) is 4. The van der Waals surface area contributed by atoms with E-state index in [2.05, 4.69) is 4.74 Å². The summed E-state index contributed by atoms with van der Waals surface area (Å²) in [6.45, 7) is 2.39. The molecule has 104 valence electrons. The fraction of sp³-hybridized carbons (Fsp3) is 0.133. The molecule has 2 rings (SSSR count). The van der Waals surface area contributed by atoms with Crippen LogP contribution in [0, 0.1) is 6.92 Å². The molecule has 0 heterocycles. The molecular weight excluding hydrogens is 276 g/mol. The molecule has 0 spiro atoms. The Balaban J connectivity index is 2.30. The second kappa shape index (κ2) is 5.88. The highest BCUT2D eigenvalue weighted by Gasteiger charge is 2.16. The van der Waals surface area contributed by atoms with E-state index in [0.717, 1.165) is 11.1 Å². The molecule has 0 aromatic heterocycles. The zero-order valence-electron chi connectivity index (χ0n) is 10.9. The van der Waals surface area contributed by atoms with Crippen LogP contribution in [0.3, 0.4) is 0 Å². The average Bonchev–Trinajstić information content (AvgIpc) is 2.46. The van der Waals surface area contributed by atoms with Crippen molar-refractivity contribution in [3.8, 4) is 0 Å². The van der Waals surface area contributed by atoms with Crippen LogP contribution in [0.25, 0.3) is 0 Å². The van der Waals surface area contributed by atoms with Crippen molar-refractivity contribution in [3.63, 3.8) is 0 Å². The Morgan fingerprint density at radius 1 is 0.950 bits per heavy atom. The van der Waals surface area contributed by atoms with Gasteiger partial charge in [-0.05, 0) is 36.8 Å². The summed E-state index contributed by atoms with van der Waals surface area (Å²) in [4.78, 5) is 10.6. The Bertz CT molecular complexity index is 686. The smallest absolute Gasteiger partial charge is 0.293 e. The number of carbonyl (C=O) groups is 1. The minimum Gasteiger partial charge on any atom is -0.463 e. The Hall–Kier alpha value is -2.14. The van der Waals surface area contributed by atoms with Crippen molar-refractivity contribution in [1.29, 1.82) is 0 Å². The standard InChI is InChI=1S/C15H14O4S/c1-12-2-6-14(7-3-12)20(17,18)15-8-4-13(5-9-15)10-19-11-16/h2-9,11H,10H2,1H3. The molecular formula is C15H14O4S. The summed E-state index contributed by atoms with van der Waals surface area (Å²) < 4.78 is 29.4. The van der Waals surface area contributed by atoms with E-state index < -0.39 is 9.84 Å². The lowest BCUT2D eigenvalue weighted by atomic mass is 10.2. The number of benzene rings is 2. The predicted molar refractivity (Wildman–Crippen MR) is 73.9 cm³/mol. The zero-order valence-corrected chi connectivity index (χ0v) is 11.8. The van der Waals surface area contributed by atoms with Gasteiger partial charge >= 0.3 is 0 Å². The number of ether oxygens (including phenoxy) is 1. The van der Waals surface area contributed by atoms with Crippen LogP contribution < -0.4 is 0 Å². The maximum atomic E-state index is 12.4. The number of aryl methyl sites for hydroxylation is 1. The fourth-order valence-electron chi connectivity index (χ4n) is 1.75. The highest BCUT2D eigenvalue weighted by Crippen LogP contribution is 2.21. The van der Waals surface area contributed by atoms with Crippen LogP contribution >= 0.6 is 0 Å². The third-order valence-corrected chi connectivity index (χ3v) is 4.67. The topological polar surface area (TPSA) is 60.4 Å². The molecule has 0 aliphatic rings. The van der Waals surface area contributed by atoms with Crippen LogP contribution in [-0.4, -0.2) is 14.9 Å². The summed E-state index contributed by atoms with van der Waals surface area (Å²) in [6.07, 6.45) is 0. The van der Waals surface area contributed by atoms with Crippen LogP contribution in [0.2, 0.25) is 0 Å². The van der Waals surface area contributed by atoms with Crippen molar-refractivity contribution in [2.75, 3.05) is 0 Å². The van der Waals surface area contributed by atoms with Crippen molar-refractivity contribution < 1.29 is 17.9 Å². The van der Waals surface area contributed by atoms with Gasteiger partial charge < -0.3 is 4.74 Å². The largest absolute Gasteiger partial charge is 0.463 e. The van der Waals surface area contributed by atoms with Gasteiger partial charge in [-0.1, -0.05) is 29.8 Å². The molecule has 0 atom stereocenters. The van der Waals surface area contributed by atoms with Gasteiger partial charge in [-0.2, -0.15) is 0 Å². The third-order valence-electron chi connectivity index (χ3n) is 2.88. The molecule has 0 saturated carbocycles. The maximum Gasteiger partial charge on any atom is 0.293 e. The number of carbonyl (C=O) groups excluding carboxylic acids is 1. The number of hydrogen-bond donors (Lipinski definition) is 0. The number of sulfone groups is 1. The molecule has 5 heteroatoms. The normalized spacial score (nSPS) is 11.1. The Kier molecular flexibility index (Phi) is 4.20. The molecule has 0 radical (unpaired) electrons. The summed E-state index contributed by atoms with van der Waals surface area (Å²) in [5, 5.41) is 0. The zero-order chi connectivity index (χ0) is 14.6. The van der Waals surface area contributed by atoms with Gasteiger partial charge in [0.15, 0.2) is 0 Å². The van der Waals surface area contributed by atoms with Crippen LogP contribution in [0.4, 0.5) is 0 Å². The average molecular weight is 290 g/mol. The third kappa shape index (κ3) is 3.05. The molecule has 0 aliphatic carbocycles. The molecule has 0 fully saturated rings. The Morgan fingerprint density at radius 2 is 1.45 bits per heavy atom. The lowest BCUT2D eigenvalue weighted by Gasteiger charge is -2.06. The lowest BCUT2D eigenvalue weighted by molar-refractivity contribution is -0.129. The van der Waals surface area contributed by atoms with E-state index in [0.29, 0.717) is 6.47 Å². The minimum atomic E-state index is -3.50. The SMILES string of the molecule is Cc1ccc(S(=O)(=O)c2ccc(COC=O)cc2)cc1. The molecule has 2 aromatic rings. The molecule has 0 aliphatic heterocycles. The molecule has 0 saturated heterocycles. The van der Waals surface area contributed by atoms with Gasteiger partial charge in [0.25, 0.3) is 6.47 Å². The summed E-state index contributed by atoms with van der Waals surface area (Å²) in [7, 11) is -3.50. The quantitative estimate of drug-likeness (QED) is 0.794. The minimum absolute atomic E-state index is 0.133. The van der Waals surface area contributed by atoms with E-state index in [1.165, 1.54) is 12.1 Å². The van der Waals surface area contributed by atoms with E-state index in [4.69, 9.17) is 0 Å². The first-order valence-corrected chi connectivity index (χ1v) is 7.48. The van der Waals surface area contributed by atoms with E-state index in [1.54, 1.807) is 36.4 Å². The summed E-state index contributed by atoms with van der Waals surface area (Å²) >= 11 is 0. The van der Waals surface area contributed by atoms with Gasteiger partial charge in [-0.25, -0.2) is 8.42 Å². The van der Waals surface area contributed by atoms with Gasteiger partial charge in [0, 0.05) is 0 Å². The van der Waals surface area contributed by atoms with Crippen LogP contribution in [0.15, 0.2) is 58.3 Å². The molecule has 2 aromatic carbocycles. The Morgan fingerprint density at radius 3 is 1.95 bits per heavy atom. The van der Waals surface area contributed by atoms with Gasteiger partial charge in [0.2, 0.25) is 9.84 Å². The highest BCUT2D eigenvalue weighted by atomic mass is 32.2. The van der Waals surface area contributed by atoms with Crippen molar-refractivity contribution in [2.45, 2.75) is 23.3 Å². The summed E-state index contributed by atoms with van der Waals surface area (Å²) in [6, 6.07) is 13.0. The van der Waals surface area contributed by atoms with Gasteiger partial charge in [0.05, 0.1) is 9.79 Å². The first-order valence-electron chi connectivity index (χ1n) is 6.00. The van der Waals surface area contributed by atoms with E-state index in [9.17, 15) is 13.2 Å². The van der Waals surface area contributed by atoms with Gasteiger partial charge in [-0.3, -0.25) is 4.79 Å². The van der Waals surface area contributed by atoms with E-state index in [1.807, 2.05) is 6.92 Å². The van der Waals surface area contributed by atoms with Crippen molar-refractivity contribution in [1.82, 2.24) is 0 Å². The maximum absolute atomic E-state index is 12.4. The van der Waals surface area contributed by atoms with Crippen molar-refractivity contribution >= 4 is 16.3 Å². The van der Waals surface area contributed by atoms with E-state index in [-0.39, 0.29) is 16.4 Å². The first-order chi connectivity index (χ1) is 9.54. The molecule has 0 bridgehead atoms. The summed E-state index contributed by atoms with van der Waals surface area (Å²) in [5.41, 5.74) is 1.74. The van der Waals surface area contributed by atoms with Crippen molar-refractivity contribution in [2.24, 2.45) is 0 Å². The molecule has 0 N–H and O–H groups in total. The number of rotatable bonds is 5. The second-order valence-corrected chi connectivity index (χ2v) is 6.32. The first kappa shape index (κ1) is 14.3. The van der Waals surface area contributed by atoms with Crippen LogP contribution in [0.1, 0.15) is 11.1 Å².